The van der Waals surface area contributed by atoms with E-state index in [9.17, 15) is 9.50 Å². The number of ether oxygens (including phenoxy) is 1. The van der Waals surface area contributed by atoms with E-state index in [2.05, 4.69) is 0 Å². The Morgan fingerprint density at radius 1 is 1.35 bits per heavy atom. The highest BCUT2D eigenvalue weighted by molar-refractivity contribution is 5.16. The molecule has 2 atom stereocenters. The Labute approximate surface area is 101 Å². The summed E-state index contributed by atoms with van der Waals surface area (Å²) in [6, 6.07) is 6.32. The molecule has 94 valence electrons. The van der Waals surface area contributed by atoms with E-state index >= 15 is 0 Å². The van der Waals surface area contributed by atoms with Crippen molar-refractivity contribution in [3.63, 3.8) is 0 Å². The summed E-state index contributed by atoms with van der Waals surface area (Å²) in [5.41, 5.74) is 0.978. The fourth-order valence-electron chi connectivity index (χ4n) is 2.24. The molecule has 0 bridgehead atoms. The van der Waals surface area contributed by atoms with Crippen molar-refractivity contribution >= 4 is 0 Å². The van der Waals surface area contributed by atoms with Crippen LogP contribution in [0.25, 0.3) is 0 Å². The van der Waals surface area contributed by atoms with E-state index in [4.69, 9.17) is 4.74 Å². The fourth-order valence-corrected chi connectivity index (χ4v) is 2.24. The molecule has 0 spiro atoms. The van der Waals surface area contributed by atoms with Gasteiger partial charge in [0.05, 0.1) is 12.2 Å². The maximum absolute atomic E-state index is 12.7. The second-order valence-electron chi connectivity index (χ2n) is 4.70. The van der Waals surface area contributed by atoms with Crippen LogP contribution in [0.4, 0.5) is 4.39 Å². The average molecular weight is 238 g/mol. The van der Waals surface area contributed by atoms with Crippen molar-refractivity contribution in [3.8, 4) is 0 Å². The molecule has 0 saturated carbocycles. The van der Waals surface area contributed by atoms with Gasteiger partial charge in [-0.25, -0.2) is 4.39 Å². The van der Waals surface area contributed by atoms with Crippen LogP contribution in [0.1, 0.15) is 31.2 Å². The number of aliphatic hydroxyl groups is 1. The van der Waals surface area contributed by atoms with E-state index in [-0.39, 0.29) is 11.9 Å². The highest BCUT2D eigenvalue weighted by Crippen LogP contribution is 2.18. The third-order valence-electron chi connectivity index (χ3n) is 3.23. The van der Waals surface area contributed by atoms with Crippen LogP contribution in [0.5, 0.6) is 0 Å². The normalized spacial score (nSPS) is 21.6. The van der Waals surface area contributed by atoms with Crippen molar-refractivity contribution < 1.29 is 14.2 Å². The standard InChI is InChI=1S/C14H19FO2/c15-12-5-3-11(4-6-12)10-13(16)7-8-14-2-1-9-17-14/h3-6,13-14,16H,1-2,7-10H2. The van der Waals surface area contributed by atoms with Crippen LogP contribution >= 0.6 is 0 Å². The zero-order valence-electron chi connectivity index (χ0n) is 9.94. The Balaban J connectivity index is 1.72. The van der Waals surface area contributed by atoms with Crippen molar-refractivity contribution in [2.75, 3.05) is 6.61 Å². The Bertz CT molecular complexity index is 331. The maximum Gasteiger partial charge on any atom is 0.123 e. The molecule has 2 rings (SSSR count). The van der Waals surface area contributed by atoms with E-state index < -0.39 is 0 Å². The van der Waals surface area contributed by atoms with Crippen LogP contribution in [0.2, 0.25) is 0 Å². The van der Waals surface area contributed by atoms with Gasteiger partial charge >= 0.3 is 0 Å². The van der Waals surface area contributed by atoms with Crippen molar-refractivity contribution in [1.82, 2.24) is 0 Å². The van der Waals surface area contributed by atoms with Crippen LogP contribution in [0, 0.1) is 5.82 Å². The van der Waals surface area contributed by atoms with Crippen LogP contribution < -0.4 is 0 Å². The van der Waals surface area contributed by atoms with E-state index in [1.807, 2.05) is 0 Å². The lowest BCUT2D eigenvalue weighted by Crippen LogP contribution is -2.14. The molecule has 2 nitrogen and oxygen atoms in total. The minimum atomic E-state index is -0.357. The number of rotatable bonds is 5. The topological polar surface area (TPSA) is 29.5 Å². The predicted molar refractivity (Wildman–Crippen MR) is 64.3 cm³/mol. The van der Waals surface area contributed by atoms with Crippen LogP contribution in [-0.4, -0.2) is 23.9 Å². The van der Waals surface area contributed by atoms with Crippen molar-refractivity contribution in [2.24, 2.45) is 0 Å². The van der Waals surface area contributed by atoms with Gasteiger partial charge in [0.15, 0.2) is 0 Å². The first kappa shape index (κ1) is 12.5. The number of benzene rings is 1. The number of aliphatic hydroxyl groups excluding tert-OH is 1. The molecular weight excluding hydrogens is 219 g/mol. The smallest absolute Gasteiger partial charge is 0.123 e. The molecule has 1 aromatic carbocycles. The van der Waals surface area contributed by atoms with Crippen molar-refractivity contribution in [1.29, 1.82) is 0 Å². The van der Waals surface area contributed by atoms with E-state index in [0.717, 1.165) is 37.9 Å². The Morgan fingerprint density at radius 2 is 2.12 bits per heavy atom. The van der Waals surface area contributed by atoms with E-state index in [1.165, 1.54) is 12.1 Å². The molecule has 1 heterocycles. The summed E-state index contributed by atoms with van der Waals surface area (Å²) in [6.07, 6.45) is 4.49. The predicted octanol–water partition coefficient (Wildman–Crippen LogP) is 2.69. The molecule has 0 amide bonds. The average Bonchev–Trinajstić information content (AvgIpc) is 2.83. The van der Waals surface area contributed by atoms with E-state index in [0.29, 0.717) is 12.5 Å². The van der Waals surface area contributed by atoms with Gasteiger partial charge in [0.2, 0.25) is 0 Å². The quantitative estimate of drug-likeness (QED) is 0.854. The van der Waals surface area contributed by atoms with Gasteiger partial charge in [-0.15, -0.1) is 0 Å². The molecule has 1 aliphatic heterocycles. The Kier molecular flexibility index (Phi) is 4.51. The summed E-state index contributed by atoms with van der Waals surface area (Å²) >= 11 is 0. The SMILES string of the molecule is OC(CCC1CCCO1)Cc1ccc(F)cc1. The number of hydrogen-bond donors (Lipinski definition) is 1. The number of halogens is 1. The van der Waals surface area contributed by atoms with Gasteiger partial charge in [-0.05, 0) is 49.8 Å². The minimum Gasteiger partial charge on any atom is -0.393 e. The Hall–Kier alpha value is -0.930. The van der Waals surface area contributed by atoms with Gasteiger partial charge in [-0.3, -0.25) is 0 Å². The molecule has 0 aromatic heterocycles. The largest absolute Gasteiger partial charge is 0.393 e. The van der Waals surface area contributed by atoms with Crippen LogP contribution in [0.15, 0.2) is 24.3 Å². The molecular formula is C14H19FO2. The lowest BCUT2D eigenvalue weighted by molar-refractivity contribution is 0.0813. The van der Waals surface area contributed by atoms with Crippen LogP contribution in [0.3, 0.4) is 0 Å². The molecule has 1 aromatic rings. The third-order valence-corrected chi connectivity index (χ3v) is 3.23. The highest BCUT2D eigenvalue weighted by Gasteiger charge is 2.17. The monoisotopic (exact) mass is 238 g/mol. The summed E-state index contributed by atoms with van der Waals surface area (Å²) in [5, 5.41) is 9.88. The first-order chi connectivity index (χ1) is 8.24. The molecule has 2 unspecified atom stereocenters. The first-order valence-electron chi connectivity index (χ1n) is 6.28. The highest BCUT2D eigenvalue weighted by atomic mass is 19.1. The molecule has 3 heteroatoms. The van der Waals surface area contributed by atoms with Gasteiger partial charge in [0.1, 0.15) is 5.82 Å². The molecule has 1 N–H and O–H groups in total. The number of hydrogen-bond acceptors (Lipinski definition) is 2. The van der Waals surface area contributed by atoms with Gasteiger partial charge in [0, 0.05) is 6.61 Å². The summed E-state index contributed by atoms with van der Waals surface area (Å²) in [5.74, 6) is -0.234. The van der Waals surface area contributed by atoms with Crippen molar-refractivity contribution in [3.05, 3.63) is 35.6 Å². The molecule has 0 radical (unpaired) electrons. The van der Waals surface area contributed by atoms with Gasteiger partial charge in [-0.2, -0.15) is 0 Å². The lowest BCUT2D eigenvalue weighted by atomic mass is 10.0. The summed E-state index contributed by atoms with van der Waals surface area (Å²) in [7, 11) is 0. The summed E-state index contributed by atoms with van der Waals surface area (Å²) in [4.78, 5) is 0. The third kappa shape index (κ3) is 4.10. The lowest BCUT2D eigenvalue weighted by Gasteiger charge is -2.13. The summed E-state index contributed by atoms with van der Waals surface area (Å²) < 4.78 is 18.2. The maximum atomic E-state index is 12.7. The van der Waals surface area contributed by atoms with Gasteiger partial charge < -0.3 is 9.84 Å². The van der Waals surface area contributed by atoms with E-state index in [1.54, 1.807) is 12.1 Å². The molecule has 1 fully saturated rings. The molecule has 17 heavy (non-hydrogen) atoms. The molecule has 0 aliphatic carbocycles. The zero-order chi connectivity index (χ0) is 12.1. The Morgan fingerprint density at radius 3 is 2.76 bits per heavy atom. The minimum absolute atomic E-state index is 0.234. The molecule has 1 saturated heterocycles. The second-order valence-corrected chi connectivity index (χ2v) is 4.70. The van der Waals surface area contributed by atoms with Crippen molar-refractivity contribution in [2.45, 2.75) is 44.3 Å². The fraction of sp³-hybridized carbons (Fsp3) is 0.571. The molecule has 1 aliphatic rings. The van der Waals surface area contributed by atoms with Crippen LogP contribution in [-0.2, 0) is 11.2 Å². The zero-order valence-corrected chi connectivity index (χ0v) is 9.94. The van der Waals surface area contributed by atoms with Gasteiger partial charge in [-0.1, -0.05) is 12.1 Å². The van der Waals surface area contributed by atoms with Gasteiger partial charge in [0.25, 0.3) is 0 Å². The first-order valence-corrected chi connectivity index (χ1v) is 6.28. The summed E-state index contributed by atoms with van der Waals surface area (Å²) in [6.45, 7) is 0.860. The second kappa shape index (κ2) is 6.12.